The third-order valence-electron chi connectivity index (χ3n) is 4.26. The highest BCUT2D eigenvalue weighted by atomic mass is 32.2. The zero-order chi connectivity index (χ0) is 21.1. The summed E-state index contributed by atoms with van der Waals surface area (Å²) in [4.78, 5) is 15.9. The molecule has 0 radical (unpaired) electrons. The predicted octanol–water partition coefficient (Wildman–Crippen LogP) is 3.62. The van der Waals surface area contributed by atoms with E-state index in [1.165, 1.54) is 34.6 Å². The molecule has 1 aliphatic heterocycles. The van der Waals surface area contributed by atoms with Gasteiger partial charge in [0.15, 0.2) is 0 Å². The lowest BCUT2D eigenvalue weighted by molar-refractivity contribution is -0.137. The van der Waals surface area contributed by atoms with E-state index in [0.717, 1.165) is 36.9 Å². The smallest absolute Gasteiger partial charge is 0.325 e. The number of nitrogens with one attached hydrogen (secondary N) is 1. The first-order chi connectivity index (χ1) is 13.7. The summed E-state index contributed by atoms with van der Waals surface area (Å²) in [6, 6.07) is 8.00. The van der Waals surface area contributed by atoms with Gasteiger partial charge in [0.25, 0.3) is 0 Å². The molecule has 1 aromatic heterocycles. The first kappa shape index (κ1) is 21.6. The third kappa shape index (κ3) is 5.49. The molecule has 1 fully saturated rings. The second-order valence-electron chi connectivity index (χ2n) is 6.36. The summed E-state index contributed by atoms with van der Waals surface area (Å²) in [7, 11) is -3.52. The minimum atomic E-state index is -4.46. The van der Waals surface area contributed by atoms with E-state index in [1.807, 2.05) is 0 Å². The molecular weight excluding hydrogens is 427 g/mol. The molecule has 1 aromatic carbocycles. The van der Waals surface area contributed by atoms with E-state index in [9.17, 15) is 26.4 Å². The van der Waals surface area contributed by atoms with Gasteiger partial charge in [-0.25, -0.2) is 13.4 Å². The number of anilines is 1. The Morgan fingerprint density at radius 2 is 1.76 bits per heavy atom. The fourth-order valence-corrected chi connectivity index (χ4v) is 4.92. The molecule has 0 spiro atoms. The van der Waals surface area contributed by atoms with Crippen LogP contribution in [0.5, 0.6) is 0 Å². The zero-order valence-electron chi connectivity index (χ0n) is 15.1. The monoisotopic (exact) mass is 445 g/mol. The highest BCUT2D eigenvalue weighted by Gasteiger charge is 2.30. The largest absolute Gasteiger partial charge is 0.417 e. The predicted molar refractivity (Wildman–Crippen MR) is 103 cm³/mol. The number of aromatic nitrogens is 1. The number of hydrogen-bond donors (Lipinski definition) is 1. The zero-order valence-corrected chi connectivity index (χ0v) is 16.8. The lowest BCUT2D eigenvalue weighted by Crippen LogP contribution is -2.27. The maximum absolute atomic E-state index is 12.5. The van der Waals surface area contributed by atoms with Crippen LogP contribution in [0.15, 0.2) is 52.5 Å². The van der Waals surface area contributed by atoms with Gasteiger partial charge in [0.05, 0.1) is 21.2 Å². The molecule has 1 aliphatic rings. The number of alkyl halides is 3. The van der Waals surface area contributed by atoms with Crippen molar-refractivity contribution in [2.24, 2.45) is 0 Å². The van der Waals surface area contributed by atoms with Crippen LogP contribution in [-0.2, 0) is 21.0 Å². The van der Waals surface area contributed by atoms with Crippen LogP contribution >= 0.6 is 11.8 Å². The van der Waals surface area contributed by atoms with Crippen molar-refractivity contribution in [1.29, 1.82) is 0 Å². The minimum absolute atomic E-state index is 0.0494. The van der Waals surface area contributed by atoms with Crippen molar-refractivity contribution in [2.45, 2.75) is 28.9 Å². The lowest BCUT2D eigenvalue weighted by Gasteiger charge is -2.15. The molecule has 156 valence electrons. The number of thioether (sulfide) groups is 1. The number of rotatable bonds is 6. The standard InChI is InChI=1S/C18H18F3N3O3S2/c19-18(20,21)13-3-8-17(22-11-13)28-12-16(25)23-14-4-6-15(7-5-14)29(26,27)24-9-1-2-10-24/h3-8,11H,1-2,9-10,12H2,(H,23,25). The summed E-state index contributed by atoms with van der Waals surface area (Å²) in [6.45, 7) is 1.02. The van der Waals surface area contributed by atoms with E-state index in [-0.39, 0.29) is 16.6 Å². The number of halogens is 3. The average molecular weight is 445 g/mol. The van der Waals surface area contributed by atoms with E-state index in [4.69, 9.17) is 0 Å². The van der Waals surface area contributed by atoms with E-state index in [1.54, 1.807) is 0 Å². The molecule has 1 N–H and O–H groups in total. The number of pyridine rings is 1. The minimum Gasteiger partial charge on any atom is -0.325 e. The molecule has 6 nitrogen and oxygen atoms in total. The quantitative estimate of drug-likeness (QED) is 0.687. The molecule has 0 atom stereocenters. The molecule has 11 heteroatoms. The molecule has 2 aromatic rings. The van der Waals surface area contributed by atoms with Gasteiger partial charge in [-0.2, -0.15) is 17.5 Å². The summed E-state index contributed by atoms with van der Waals surface area (Å²) in [5.74, 6) is -0.432. The van der Waals surface area contributed by atoms with Crippen molar-refractivity contribution in [3.8, 4) is 0 Å². The Morgan fingerprint density at radius 3 is 2.31 bits per heavy atom. The molecule has 0 aliphatic carbocycles. The third-order valence-corrected chi connectivity index (χ3v) is 7.11. The van der Waals surface area contributed by atoms with Gasteiger partial charge in [-0.15, -0.1) is 0 Å². The van der Waals surface area contributed by atoms with Gasteiger partial charge in [-0.1, -0.05) is 11.8 Å². The maximum Gasteiger partial charge on any atom is 0.417 e. The number of hydrogen-bond acceptors (Lipinski definition) is 5. The van der Waals surface area contributed by atoms with Crippen LogP contribution in [0.4, 0.5) is 18.9 Å². The first-order valence-corrected chi connectivity index (χ1v) is 11.1. The summed E-state index contributed by atoms with van der Waals surface area (Å²) in [6.07, 6.45) is -2.04. The normalized spacial score (nSPS) is 15.4. The van der Waals surface area contributed by atoms with Crippen molar-refractivity contribution in [2.75, 3.05) is 24.2 Å². The van der Waals surface area contributed by atoms with Crippen LogP contribution in [0, 0.1) is 0 Å². The summed E-state index contributed by atoms with van der Waals surface area (Å²) >= 11 is 0.998. The van der Waals surface area contributed by atoms with E-state index in [0.29, 0.717) is 23.8 Å². The van der Waals surface area contributed by atoms with Crippen LogP contribution in [0.3, 0.4) is 0 Å². The molecule has 29 heavy (non-hydrogen) atoms. The molecule has 3 rings (SSSR count). The fourth-order valence-electron chi connectivity index (χ4n) is 2.76. The highest BCUT2D eigenvalue weighted by molar-refractivity contribution is 7.99. The Hall–Kier alpha value is -2.11. The van der Waals surface area contributed by atoms with Crippen molar-refractivity contribution >= 4 is 33.4 Å². The SMILES string of the molecule is O=C(CSc1ccc(C(F)(F)F)cn1)Nc1ccc(S(=O)(=O)N2CCCC2)cc1. The van der Waals surface area contributed by atoms with E-state index < -0.39 is 21.8 Å². The Labute approximate surface area is 170 Å². The topological polar surface area (TPSA) is 79.4 Å². The van der Waals surface area contributed by atoms with Crippen molar-refractivity contribution < 1.29 is 26.4 Å². The number of sulfonamides is 1. The fraction of sp³-hybridized carbons (Fsp3) is 0.333. The van der Waals surface area contributed by atoms with Crippen LogP contribution in [0.25, 0.3) is 0 Å². The highest BCUT2D eigenvalue weighted by Crippen LogP contribution is 2.29. The van der Waals surface area contributed by atoms with Crippen LogP contribution < -0.4 is 5.32 Å². The average Bonchev–Trinajstić information content (AvgIpc) is 3.22. The molecule has 0 saturated carbocycles. The van der Waals surface area contributed by atoms with Crippen molar-refractivity contribution in [1.82, 2.24) is 9.29 Å². The van der Waals surface area contributed by atoms with Crippen molar-refractivity contribution in [3.63, 3.8) is 0 Å². The molecular formula is C18H18F3N3O3S2. The van der Waals surface area contributed by atoms with Crippen LogP contribution in [-0.4, -0.2) is 42.5 Å². The van der Waals surface area contributed by atoms with Gasteiger partial charge in [0, 0.05) is 25.0 Å². The van der Waals surface area contributed by atoms with Gasteiger partial charge >= 0.3 is 6.18 Å². The van der Waals surface area contributed by atoms with Gasteiger partial charge in [-0.05, 0) is 49.2 Å². The second kappa shape index (κ2) is 8.72. The van der Waals surface area contributed by atoms with Gasteiger partial charge in [0.2, 0.25) is 15.9 Å². The summed E-state index contributed by atoms with van der Waals surface area (Å²) < 4.78 is 63.9. The molecule has 0 unspecified atom stereocenters. The molecule has 2 heterocycles. The van der Waals surface area contributed by atoms with E-state index >= 15 is 0 Å². The maximum atomic E-state index is 12.5. The summed E-state index contributed by atoms with van der Waals surface area (Å²) in [5.41, 5.74) is -0.424. The summed E-state index contributed by atoms with van der Waals surface area (Å²) in [5, 5.41) is 2.91. The number of benzene rings is 1. The number of nitrogens with zero attached hydrogens (tertiary/aromatic N) is 2. The Morgan fingerprint density at radius 1 is 1.10 bits per heavy atom. The number of carbonyl (C=O) groups excluding carboxylic acids is 1. The Kier molecular flexibility index (Phi) is 6.49. The van der Waals surface area contributed by atoms with Gasteiger partial charge in [-0.3, -0.25) is 4.79 Å². The lowest BCUT2D eigenvalue weighted by atomic mass is 10.3. The Balaban J connectivity index is 1.54. The van der Waals surface area contributed by atoms with E-state index in [2.05, 4.69) is 10.3 Å². The molecule has 0 bridgehead atoms. The number of carbonyl (C=O) groups is 1. The van der Waals surface area contributed by atoms with Crippen molar-refractivity contribution in [3.05, 3.63) is 48.2 Å². The van der Waals surface area contributed by atoms with Crippen LogP contribution in [0.2, 0.25) is 0 Å². The van der Waals surface area contributed by atoms with Crippen LogP contribution in [0.1, 0.15) is 18.4 Å². The molecule has 1 amide bonds. The number of amides is 1. The van der Waals surface area contributed by atoms with Gasteiger partial charge in [0.1, 0.15) is 0 Å². The Bertz CT molecular complexity index is 957. The van der Waals surface area contributed by atoms with Gasteiger partial charge < -0.3 is 5.32 Å². The first-order valence-electron chi connectivity index (χ1n) is 8.72. The second-order valence-corrected chi connectivity index (χ2v) is 9.29. The molecule has 1 saturated heterocycles.